The Morgan fingerprint density at radius 1 is 1.35 bits per heavy atom. The van der Waals surface area contributed by atoms with Gasteiger partial charge in [0, 0.05) is 23.3 Å². The summed E-state index contributed by atoms with van der Waals surface area (Å²) in [7, 11) is 1.74. The van der Waals surface area contributed by atoms with Crippen molar-refractivity contribution in [1.29, 1.82) is 0 Å². The van der Waals surface area contributed by atoms with Crippen LogP contribution in [0.25, 0.3) is 0 Å². The van der Waals surface area contributed by atoms with Gasteiger partial charge in [-0.05, 0) is 31.5 Å². The van der Waals surface area contributed by atoms with Crippen molar-refractivity contribution >= 4 is 29.5 Å². The van der Waals surface area contributed by atoms with Gasteiger partial charge < -0.3 is 4.90 Å². The maximum atomic E-state index is 6.19. The Labute approximate surface area is 113 Å². The molecule has 1 atom stereocenters. The minimum absolute atomic E-state index is 0.111. The molecule has 0 amide bonds. The van der Waals surface area contributed by atoms with E-state index >= 15 is 0 Å². The van der Waals surface area contributed by atoms with Gasteiger partial charge in [-0.25, -0.2) is 0 Å². The molecule has 1 aromatic rings. The second kappa shape index (κ2) is 6.67. The van der Waals surface area contributed by atoms with Gasteiger partial charge in [0.15, 0.2) is 0 Å². The number of benzene rings is 1. The van der Waals surface area contributed by atoms with Crippen LogP contribution in [0.15, 0.2) is 35.5 Å². The van der Waals surface area contributed by atoms with Crippen LogP contribution in [0, 0.1) is 0 Å². The van der Waals surface area contributed by atoms with Crippen LogP contribution in [-0.4, -0.2) is 18.3 Å². The molecule has 4 heteroatoms. The van der Waals surface area contributed by atoms with E-state index in [0.29, 0.717) is 10.0 Å². The van der Waals surface area contributed by atoms with Gasteiger partial charge in [0.2, 0.25) is 0 Å². The number of halogens is 2. The van der Waals surface area contributed by atoms with E-state index in [0.717, 1.165) is 5.56 Å². The summed E-state index contributed by atoms with van der Waals surface area (Å²) >= 11 is 12.1. The lowest BCUT2D eigenvalue weighted by atomic mass is 10.1. The fraction of sp³-hybridized carbons (Fsp3) is 0.308. The average molecular weight is 271 g/mol. The summed E-state index contributed by atoms with van der Waals surface area (Å²) in [5.74, 6) is 0. The van der Waals surface area contributed by atoms with E-state index in [4.69, 9.17) is 23.2 Å². The van der Waals surface area contributed by atoms with E-state index < -0.39 is 0 Å². The first-order valence-corrected chi connectivity index (χ1v) is 6.13. The molecule has 92 valence electrons. The molecule has 1 unspecified atom stereocenters. The number of aliphatic imine (C=N–C) groups is 1. The molecule has 0 aliphatic rings. The number of hydrogen-bond acceptors (Lipinski definition) is 1. The molecule has 0 bridgehead atoms. The van der Waals surface area contributed by atoms with Gasteiger partial charge in [0.05, 0.1) is 12.4 Å². The van der Waals surface area contributed by atoms with Crippen molar-refractivity contribution in [3.8, 4) is 0 Å². The van der Waals surface area contributed by atoms with Crippen molar-refractivity contribution in [2.45, 2.75) is 19.9 Å². The molecule has 2 nitrogen and oxygen atoms in total. The van der Waals surface area contributed by atoms with Crippen LogP contribution in [0.3, 0.4) is 0 Å². The van der Waals surface area contributed by atoms with Gasteiger partial charge in [-0.1, -0.05) is 35.3 Å². The van der Waals surface area contributed by atoms with Crippen LogP contribution in [0.2, 0.25) is 10.0 Å². The highest BCUT2D eigenvalue weighted by atomic mass is 35.5. The number of allylic oxidation sites excluding steroid dienone is 1. The van der Waals surface area contributed by atoms with Crippen LogP contribution in [0.5, 0.6) is 0 Å². The molecule has 0 aromatic heterocycles. The summed E-state index contributed by atoms with van der Waals surface area (Å²) in [4.78, 5) is 6.02. The lowest BCUT2D eigenvalue weighted by Crippen LogP contribution is -2.19. The maximum Gasteiger partial charge on any atom is 0.0891 e. The van der Waals surface area contributed by atoms with Crippen molar-refractivity contribution in [2.75, 3.05) is 7.05 Å². The van der Waals surface area contributed by atoms with Crippen molar-refractivity contribution in [2.24, 2.45) is 4.99 Å². The molecular weight excluding hydrogens is 255 g/mol. The molecule has 0 spiro atoms. The highest BCUT2D eigenvalue weighted by Gasteiger charge is 2.14. The zero-order chi connectivity index (χ0) is 12.8. The van der Waals surface area contributed by atoms with Crippen LogP contribution >= 0.6 is 23.2 Å². The fourth-order valence-corrected chi connectivity index (χ4v) is 2.14. The molecule has 17 heavy (non-hydrogen) atoms. The highest BCUT2D eigenvalue weighted by Crippen LogP contribution is 2.29. The summed E-state index contributed by atoms with van der Waals surface area (Å²) in [5.41, 5.74) is 1.02. The Bertz CT molecular complexity index is 415. The monoisotopic (exact) mass is 270 g/mol. The summed E-state index contributed by atoms with van der Waals surface area (Å²) in [6.45, 7) is 4.03. The average Bonchev–Trinajstić information content (AvgIpc) is 2.28. The lowest BCUT2D eigenvalue weighted by Gasteiger charge is -2.24. The topological polar surface area (TPSA) is 15.6 Å². The third-order valence-electron chi connectivity index (χ3n) is 2.43. The van der Waals surface area contributed by atoms with Crippen molar-refractivity contribution in [3.05, 3.63) is 46.1 Å². The van der Waals surface area contributed by atoms with Gasteiger partial charge in [-0.2, -0.15) is 0 Å². The molecule has 0 aliphatic carbocycles. The SMILES string of the molecule is C/C=C/N(C=NC)C(C)c1ccc(Cl)cc1Cl. The van der Waals surface area contributed by atoms with Crippen LogP contribution in [-0.2, 0) is 0 Å². The smallest absolute Gasteiger partial charge is 0.0891 e. The largest absolute Gasteiger partial charge is 0.332 e. The normalized spacial score (nSPS) is 13.5. The fourth-order valence-electron chi connectivity index (χ4n) is 1.57. The summed E-state index contributed by atoms with van der Waals surface area (Å²) < 4.78 is 0. The van der Waals surface area contributed by atoms with Gasteiger partial charge in [-0.15, -0.1) is 0 Å². The Morgan fingerprint density at radius 3 is 2.59 bits per heavy atom. The Kier molecular flexibility index (Phi) is 5.52. The first-order chi connectivity index (χ1) is 8.10. The Morgan fingerprint density at radius 2 is 2.06 bits per heavy atom. The van der Waals surface area contributed by atoms with Gasteiger partial charge >= 0.3 is 0 Å². The Hall–Kier alpha value is -0.990. The first-order valence-electron chi connectivity index (χ1n) is 5.37. The summed E-state index contributed by atoms with van der Waals surface area (Å²) in [5, 5.41) is 1.32. The number of hydrogen-bond donors (Lipinski definition) is 0. The van der Waals surface area contributed by atoms with E-state index in [-0.39, 0.29) is 6.04 Å². The van der Waals surface area contributed by atoms with Crippen molar-refractivity contribution in [1.82, 2.24) is 4.90 Å². The second-order valence-electron chi connectivity index (χ2n) is 3.65. The van der Waals surface area contributed by atoms with Crippen LogP contribution in [0.4, 0.5) is 0 Å². The molecule has 1 rings (SSSR count). The lowest BCUT2D eigenvalue weighted by molar-refractivity contribution is 0.454. The predicted molar refractivity (Wildman–Crippen MR) is 75.9 cm³/mol. The number of nitrogens with zero attached hydrogens (tertiary/aromatic N) is 2. The minimum atomic E-state index is 0.111. The van der Waals surface area contributed by atoms with Crippen LogP contribution < -0.4 is 0 Å². The molecule has 0 heterocycles. The third kappa shape index (κ3) is 3.76. The highest BCUT2D eigenvalue weighted by molar-refractivity contribution is 6.35. The quantitative estimate of drug-likeness (QED) is 0.579. The van der Waals surface area contributed by atoms with E-state index in [9.17, 15) is 0 Å². The molecule has 0 aliphatic heterocycles. The van der Waals surface area contributed by atoms with E-state index in [1.54, 1.807) is 19.5 Å². The molecule has 0 N–H and O–H groups in total. The minimum Gasteiger partial charge on any atom is -0.332 e. The Balaban J connectivity index is 3.04. The zero-order valence-corrected chi connectivity index (χ0v) is 11.7. The molecule has 0 fully saturated rings. The first kappa shape index (κ1) is 14.1. The molecule has 0 saturated heterocycles. The van der Waals surface area contributed by atoms with E-state index in [1.807, 2.05) is 36.2 Å². The molecule has 0 saturated carbocycles. The molecule has 1 aromatic carbocycles. The van der Waals surface area contributed by atoms with E-state index in [1.165, 1.54) is 0 Å². The van der Waals surface area contributed by atoms with Crippen LogP contribution in [0.1, 0.15) is 25.5 Å². The van der Waals surface area contributed by atoms with Crippen molar-refractivity contribution < 1.29 is 0 Å². The van der Waals surface area contributed by atoms with Gasteiger partial charge in [-0.3, -0.25) is 4.99 Å². The molecular formula is C13H16Cl2N2. The van der Waals surface area contributed by atoms with Crippen molar-refractivity contribution in [3.63, 3.8) is 0 Å². The zero-order valence-electron chi connectivity index (χ0n) is 10.2. The molecule has 0 radical (unpaired) electrons. The maximum absolute atomic E-state index is 6.19. The van der Waals surface area contributed by atoms with Gasteiger partial charge in [0.25, 0.3) is 0 Å². The predicted octanol–water partition coefficient (Wildman–Crippen LogP) is 4.55. The summed E-state index contributed by atoms with van der Waals surface area (Å²) in [6, 6.07) is 5.65. The third-order valence-corrected chi connectivity index (χ3v) is 2.99. The van der Waals surface area contributed by atoms with E-state index in [2.05, 4.69) is 11.9 Å². The summed E-state index contributed by atoms with van der Waals surface area (Å²) in [6.07, 6.45) is 5.69. The number of rotatable bonds is 4. The second-order valence-corrected chi connectivity index (χ2v) is 4.49. The van der Waals surface area contributed by atoms with Gasteiger partial charge in [0.1, 0.15) is 0 Å². The standard InChI is InChI=1S/C13H16Cl2N2/c1-4-7-17(9-16-3)10(2)12-6-5-11(14)8-13(12)15/h4-10H,1-3H3/b7-4+,16-9?.